The minimum absolute atomic E-state index is 0. The van der Waals surface area contributed by atoms with Crippen molar-refractivity contribution in [2.45, 2.75) is 66.8 Å². The van der Waals surface area contributed by atoms with E-state index in [1.54, 1.807) is 11.3 Å². The zero-order chi connectivity index (χ0) is 20.0. The fraction of sp³-hybridized carbons (Fsp3) is 0.650. The van der Waals surface area contributed by atoms with Crippen LogP contribution >= 0.6 is 35.3 Å². The highest BCUT2D eigenvalue weighted by molar-refractivity contribution is 14.0. The monoisotopic (exact) mass is 518 g/mol. The lowest BCUT2D eigenvalue weighted by Crippen LogP contribution is -2.43. The van der Waals surface area contributed by atoms with Gasteiger partial charge >= 0.3 is 0 Å². The van der Waals surface area contributed by atoms with Crippen LogP contribution in [0.15, 0.2) is 4.99 Å². The Morgan fingerprint density at radius 3 is 2.50 bits per heavy atom. The SMILES string of the molecule is CCNC(=NCCc1nc(CC)c(C)s1)NC(C)Cc1c(C)nn(C)c1C.I. The number of aryl methyl sites for hydroxylation is 4. The van der Waals surface area contributed by atoms with Gasteiger partial charge < -0.3 is 10.6 Å². The molecule has 2 N–H and O–H groups in total. The summed E-state index contributed by atoms with van der Waals surface area (Å²) in [5.74, 6) is 0.869. The van der Waals surface area contributed by atoms with Gasteiger partial charge in [-0.2, -0.15) is 5.10 Å². The lowest BCUT2D eigenvalue weighted by Gasteiger charge is -2.18. The molecule has 1 atom stereocenters. The van der Waals surface area contributed by atoms with Crippen molar-refractivity contribution in [1.82, 2.24) is 25.4 Å². The number of hydrogen-bond donors (Lipinski definition) is 2. The van der Waals surface area contributed by atoms with Gasteiger partial charge in [0.2, 0.25) is 0 Å². The maximum absolute atomic E-state index is 4.75. The Bertz CT molecular complexity index is 780. The molecule has 0 spiro atoms. The van der Waals surface area contributed by atoms with Crippen molar-refractivity contribution in [3.63, 3.8) is 0 Å². The van der Waals surface area contributed by atoms with Gasteiger partial charge in [0.1, 0.15) is 0 Å². The number of aromatic nitrogens is 3. The van der Waals surface area contributed by atoms with E-state index >= 15 is 0 Å². The van der Waals surface area contributed by atoms with Crippen molar-refractivity contribution < 1.29 is 0 Å². The van der Waals surface area contributed by atoms with Gasteiger partial charge in [-0.3, -0.25) is 9.67 Å². The van der Waals surface area contributed by atoms with Gasteiger partial charge in [0.05, 0.1) is 16.4 Å². The molecule has 2 aromatic rings. The number of thiazole rings is 1. The number of guanidine groups is 1. The van der Waals surface area contributed by atoms with Crippen molar-refractivity contribution >= 4 is 41.3 Å². The molecule has 6 nitrogen and oxygen atoms in total. The van der Waals surface area contributed by atoms with Crippen LogP contribution < -0.4 is 10.6 Å². The van der Waals surface area contributed by atoms with Crippen molar-refractivity contribution in [2.75, 3.05) is 13.1 Å². The summed E-state index contributed by atoms with van der Waals surface area (Å²) >= 11 is 1.79. The number of halogens is 1. The second-order valence-corrected chi connectivity index (χ2v) is 8.28. The predicted molar refractivity (Wildman–Crippen MR) is 130 cm³/mol. The molecule has 158 valence electrons. The number of aliphatic imine (C=N–C) groups is 1. The van der Waals surface area contributed by atoms with Gasteiger partial charge in [-0.1, -0.05) is 6.92 Å². The third-order valence-electron chi connectivity index (χ3n) is 4.76. The molecule has 0 aliphatic carbocycles. The van der Waals surface area contributed by atoms with Gasteiger partial charge in [-0.25, -0.2) is 4.98 Å². The molecule has 2 aromatic heterocycles. The van der Waals surface area contributed by atoms with Crippen LogP contribution in [0, 0.1) is 20.8 Å². The second-order valence-electron chi connectivity index (χ2n) is 7.00. The van der Waals surface area contributed by atoms with E-state index in [-0.39, 0.29) is 30.0 Å². The van der Waals surface area contributed by atoms with E-state index in [0.29, 0.717) is 0 Å². The molecular formula is C20H35IN6S. The number of nitrogens with one attached hydrogen (secondary N) is 2. The van der Waals surface area contributed by atoms with Gasteiger partial charge in [-0.05, 0) is 53.0 Å². The molecule has 2 heterocycles. The van der Waals surface area contributed by atoms with Crippen molar-refractivity contribution in [3.05, 3.63) is 32.5 Å². The van der Waals surface area contributed by atoms with Crippen molar-refractivity contribution in [3.8, 4) is 0 Å². The summed E-state index contributed by atoms with van der Waals surface area (Å²) in [6.45, 7) is 14.4. The summed E-state index contributed by atoms with van der Waals surface area (Å²) in [5, 5.41) is 12.6. The van der Waals surface area contributed by atoms with E-state index < -0.39 is 0 Å². The van der Waals surface area contributed by atoms with Crippen LogP contribution in [0.2, 0.25) is 0 Å². The molecule has 2 rings (SSSR count). The first-order valence-electron chi connectivity index (χ1n) is 9.84. The highest BCUT2D eigenvalue weighted by Gasteiger charge is 2.14. The minimum atomic E-state index is 0. The molecule has 0 saturated carbocycles. The standard InChI is InChI=1S/C20H34N6S.HI/c1-8-18-16(6)27-19(24-18)10-11-22-20(21-9-2)23-13(3)12-17-14(4)25-26(7)15(17)5;/h13H,8-12H2,1-7H3,(H2,21,22,23);1H. The molecule has 0 aliphatic rings. The van der Waals surface area contributed by atoms with Crippen LogP contribution in [-0.2, 0) is 26.3 Å². The normalized spacial score (nSPS) is 12.6. The average Bonchev–Trinajstić information content (AvgIpc) is 3.08. The van der Waals surface area contributed by atoms with E-state index in [2.05, 4.69) is 57.3 Å². The van der Waals surface area contributed by atoms with E-state index in [4.69, 9.17) is 9.98 Å². The Morgan fingerprint density at radius 2 is 1.96 bits per heavy atom. The third kappa shape index (κ3) is 6.72. The molecule has 0 amide bonds. The van der Waals surface area contributed by atoms with Gasteiger partial charge in [0.25, 0.3) is 0 Å². The average molecular weight is 519 g/mol. The smallest absolute Gasteiger partial charge is 0.191 e. The Balaban J connectivity index is 0.00000392. The summed E-state index contributed by atoms with van der Waals surface area (Å²) in [6, 6.07) is 0.276. The first-order valence-corrected chi connectivity index (χ1v) is 10.7. The van der Waals surface area contributed by atoms with E-state index in [1.807, 2.05) is 11.7 Å². The van der Waals surface area contributed by atoms with Crippen LogP contribution in [0.3, 0.4) is 0 Å². The Hall–Kier alpha value is -1.16. The van der Waals surface area contributed by atoms with E-state index in [1.165, 1.54) is 26.8 Å². The first-order chi connectivity index (χ1) is 12.8. The minimum Gasteiger partial charge on any atom is -0.357 e. The molecule has 0 saturated heterocycles. The molecule has 0 radical (unpaired) electrons. The predicted octanol–water partition coefficient (Wildman–Crippen LogP) is 3.71. The fourth-order valence-corrected chi connectivity index (χ4v) is 4.22. The summed E-state index contributed by atoms with van der Waals surface area (Å²) in [6.07, 6.45) is 2.82. The Kier molecular flexibility index (Phi) is 10.4. The molecule has 0 aliphatic heterocycles. The van der Waals surface area contributed by atoms with Gasteiger partial charge in [-0.15, -0.1) is 35.3 Å². The van der Waals surface area contributed by atoms with Gasteiger partial charge in [0, 0.05) is 43.2 Å². The van der Waals surface area contributed by atoms with Crippen LogP contribution in [-0.4, -0.2) is 39.9 Å². The maximum Gasteiger partial charge on any atom is 0.191 e. The van der Waals surface area contributed by atoms with E-state index in [9.17, 15) is 0 Å². The summed E-state index contributed by atoms with van der Waals surface area (Å²) in [4.78, 5) is 10.8. The van der Waals surface area contributed by atoms with Crippen molar-refractivity contribution in [1.29, 1.82) is 0 Å². The number of rotatable bonds is 8. The van der Waals surface area contributed by atoms with E-state index in [0.717, 1.165) is 44.0 Å². The van der Waals surface area contributed by atoms with Crippen LogP contribution in [0.5, 0.6) is 0 Å². The van der Waals surface area contributed by atoms with Crippen LogP contribution in [0.25, 0.3) is 0 Å². The lowest BCUT2D eigenvalue weighted by atomic mass is 10.1. The lowest BCUT2D eigenvalue weighted by molar-refractivity contribution is 0.635. The highest BCUT2D eigenvalue weighted by Crippen LogP contribution is 2.18. The largest absolute Gasteiger partial charge is 0.357 e. The molecule has 8 heteroatoms. The summed E-state index contributed by atoms with van der Waals surface area (Å²) < 4.78 is 1.96. The number of hydrogen-bond acceptors (Lipinski definition) is 4. The molecule has 0 fully saturated rings. The molecule has 28 heavy (non-hydrogen) atoms. The quantitative estimate of drug-likeness (QED) is 0.318. The zero-order valence-corrected chi connectivity index (χ0v) is 21.4. The van der Waals surface area contributed by atoms with Crippen LogP contribution in [0.1, 0.15) is 53.3 Å². The molecule has 1 unspecified atom stereocenters. The third-order valence-corrected chi connectivity index (χ3v) is 5.84. The fourth-order valence-electron chi connectivity index (χ4n) is 3.21. The Labute approximate surface area is 190 Å². The van der Waals surface area contributed by atoms with Crippen LogP contribution in [0.4, 0.5) is 0 Å². The van der Waals surface area contributed by atoms with Gasteiger partial charge in [0.15, 0.2) is 5.96 Å². The highest BCUT2D eigenvalue weighted by atomic mass is 127. The first kappa shape index (κ1) is 24.9. The number of nitrogens with zero attached hydrogens (tertiary/aromatic N) is 4. The molecule has 0 bridgehead atoms. The molecular weight excluding hydrogens is 483 g/mol. The Morgan fingerprint density at radius 1 is 1.25 bits per heavy atom. The summed E-state index contributed by atoms with van der Waals surface area (Å²) in [7, 11) is 2.00. The summed E-state index contributed by atoms with van der Waals surface area (Å²) in [5.41, 5.74) is 4.88. The zero-order valence-electron chi connectivity index (χ0n) is 18.2. The molecule has 0 aromatic carbocycles. The topological polar surface area (TPSA) is 67.1 Å². The maximum atomic E-state index is 4.75. The van der Waals surface area contributed by atoms with Crippen molar-refractivity contribution in [2.24, 2.45) is 12.0 Å². The second kappa shape index (κ2) is 11.7.